The quantitative estimate of drug-likeness (QED) is 0.903. The van der Waals surface area contributed by atoms with Gasteiger partial charge in [0.05, 0.1) is 0 Å². The molecule has 1 aliphatic heterocycles. The van der Waals surface area contributed by atoms with E-state index in [1.807, 2.05) is 0 Å². The predicted octanol–water partition coefficient (Wildman–Crippen LogP) is 3.07. The Bertz CT molecular complexity index is 414. The molecule has 4 heteroatoms. The van der Waals surface area contributed by atoms with Crippen molar-refractivity contribution in [3.05, 3.63) is 12.4 Å². The highest BCUT2D eigenvalue weighted by Gasteiger charge is 2.33. The molecule has 1 aromatic rings. The minimum atomic E-state index is 0.715. The van der Waals surface area contributed by atoms with Gasteiger partial charge in [-0.1, -0.05) is 12.8 Å². The summed E-state index contributed by atoms with van der Waals surface area (Å²) in [6.07, 6.45) is 9.99. The Morgan fingerprint density at radius 3 is 2.84 bits per heavy atom. The lowest BCUT2D eigenvalue weighted by Crippen LogP contribution is -2.35. The van der Waals surface area contributed by atoms with Crippen LogP contribution >= 0.6 is 0 Å². The average Bonchev–Trinajstić information content (AvgIpc) is 3.10. The van der Waals surface area contributed by atoms with Crippen molar-refractivity contribution in [3.63, 3.8) is 0 Å². The van der Waals surface area contributed by atoms with E-state index in [-0.39, 0.29) is 0 Å². The zero-order valence-corrected chi connectivity index (χ0v) is 11.8. The van der Waals surface area contributed by atoms with E-state index in [1.54, 1.807) is 6.33 Å². The summed E-state index contributed by atoms with van der Waals surface area (Å²) in [6, 6.07) is 2.82. The Kier molecular flexibility index (Phi) is 3.85. The van der Waals surface area contributed by atoms with Gasteiger partial charge in [0, 0.05) is 25.2 Å². The van der Waals surface area contributed by atoms with E-state index < -0.39 is 0 Å². The lowest BCUT2D eigenvalue weighted by atomic mass is 9.96. The summed E-state index contributed by atoms with van der Waals surface area (Å²) in [4.78, 5) is 11.3. The van der Waals surface area contributed by atoms with E-state index in [0.29, 0.717) is 6.04 Å². The minimum Gasteiger partial charge on any atom is -0.370 e. The average molecular weight is 260 g/mol. The van der Waals surface area contributed by atoms with Crippen LogP contribution in [0, 0.1) is 5.92 Å². The molecule has 0 radical (unpaired) electrons. The Balaban J connectivity index is 1.77. The van der Waals surface area contributed by atoms with Gasteiger partial charge in [0.15, 0.2) is 0 Å². The number of anilines is 2. The summed E-state index contributed by atoms with van der Waals surface area (Å²) in [5.41, 5.74) is 0. The monoisotopic (exact) mass is 260 g/mol. The van der Waals surface area contributed by atoms with E-state index >= 15 is 0 Å². The summed E-state index contributed by atoms with van der Waals surface area (Å²) in [5.74, 6) is 2.95. The largest absolute Gasteiger partial charge is 0.370 e. The molecule has 3 rings (SSSR count). The summed E-state index contributed by atoms with van der Waals surface area (Å²) in [7, 11) is 0. The highest BCUT2D eigenvalue weighted by atomic mass is 15.2. The SMILES string of the molecule is CCNc1cc(N2CCCC2C2CCCC2)ncn1. The van der Waals surface area contributed by atoms with Crippen LogP contribution in [-0.2, 0) is 0 Å². The second-order valence-electron chi connectivity index (χ2n) is 5.74. The Morgan fingerprint density at radius 1 is 1.21 bits per heavy atom. The van der Waals surface area contributed by atoms with Crippen LogP contribution in [0.2, 0.25) is 0 Å². The molecule has 1 saturated carbocycles. The molecule has 1 saturated heterocycles. The topological polar surface area (TPSA) is 41.0 Å². The lowest BCUT2D eigenvalue weighted by molar-refractivity contribution is 0.429. The highest BCUT2D eigenvalue weighted by Crippen LogP contribution is 2.37. The Hall–Kier alpha value is -1.32. The van der Waals surface area contributed by atoms with Gasteiger partial charge in [-0.15, -0.1) is 0 Å². The number of nitrogens with one attached hydrogen (secondary N) is 1. The fourth-order valence-corrected chi connectivity index (χ4v) is 3.69. The molecule has 2 fully saturated rings. The first kappa shape index (κ1) is 12.7. The fraction of sp³-hybridized carbons (Fsp3) is 0.733. The van der Waals surface area contributed by atoms with Crippen molar-refractivity contribution in [2.24, 2.45) is 5.92 Å². The molecule has 0 amide bonds. The van der Waals surface area contributed by atoms with E-state index in [1.165, 1.54) is 38.5 Å². The number of aromatic nitrogens is 2. The summed E-state index contributed by atoms with van der Waals surface area (Å²) in [5, 5.41) is 3.28. The minimum absolute atomic E-state index is 0.715. The maximum absolute atomic E-state index is 4.50. The van der Waals surface area contributed by atoms with Gasteiger partial charge < -0.3 is 10.2 Å². The zero-order valence-electron chi connectivity index (χ0n) is 11.8. The van der Waals surface area contributed by atoms with Gasteiger partial charge in [0.1, 0.15) is 18.0 Å². The van der Waals surface area contributed by atoms with Crippen molar-refractivity contribution >= 4 is 11.6 Å². The van der Waals surface area contributed by atoms with Crippen LogP contribution in [0.3, 0.4) is 0 Å². The molecule has 0 bridgehead atoms. The molecule has 0 spiro atoms. The van der Waals surface area contributed by atoms with Gasteiger partial charge in [0.2, 0.25) is 0 Å². The van der Waals surface area contributed by atoms with Crippen LogP contribution in [0.1, 0.15) is 45.4 Å². The Labute approximate surface area is 115 Å². The maximum Gasteiger partial charge on any atom is 0.134 e. The van der Waals surface area contributed by atoms with Crippen molar-refractivity contribution < 1.29 is 0 Å². The van der Waals surface area contributed by atoms with Crippen LogP contribution < -0.4 is 10.2 Å². The standard InChI is InChI=1S/C15H24N4/c1-2-16-14-10-15(18-11-17-14)19-9-5-8-13(19)12-6-3-4-7-12/h10-13H,2-9H2,1H3,(H,16,17,18). The molecule has 1 atom stereocenters. The van der Waals surface area contributed by atoms with Gasteiger partial charge in [-0.05, 0) is 38.5 Å². The molecule has 1 aromatic heterocycles. The molecule has 1 unspecified atom stereocenters. The van der Waals surface area contributed by atoms with E-state index in [4.69, 9.17) is 0 Å². The van der Waals surface area contributed by atoms with Crippen molar-refractivity contribution in [1.29, 1.82) is 0 Å². The normalized spacial score (nSPS) is 24.1. The predicted molar refractivity (Wildman–Crippen MR) is 78.5 cm³/mol. The molecule has 2 heterocycles. The third kappa shape index (κ3) is 2.67. The smallest absolute Gasteiger partial charge is 0.134 e. The molecule has 1 N–H and O–H groups in total. The zero-order chi connectivity index (χ0) is 13.1. The molecule has 2 aliphatic rings. The number of nitrogens with zero attached hydrogens (tertiary/aromatic N) is 3. The fourth-order valence-electron chi connectivity index (χ4n) is 3.69. The van der Waals surface area contributed by atoms with Gasteiger partial charge >= 0.3 is 0 Å². The second kappa shape index (κ2) is 5.76. The summed E-state index contributed by atoms with van der Waals surface area (Å²) < 4.78 is 0. The van der Waals surface area contributed by atoms with Crippen LogP contribution in [-0.4, -0.2) is 29.1 Å². The number of rotatable bonds is 4. The number of hydrogen-bond acceptors (Lipinski definition) is 4. The van der Waals surface area contributed by atoms with Crippen LogP contribution in [0.5, 0.6) is 0 Å². The first-order chi connectivity index (χ1) is 9.38. The van der Waals surface area contributed by atoms with Gasteiger partial charge in [-0.25, -0.2) is 9.97 Å². The van der Waals surface area contributed by atoms with Crippen molar-refractivity contribution in [1.82, 2.24) is 9.97 Å². The van der Waals surface area contributed by atoms with Gasteiger partial charge in [-0.2, -0.15) is 0 Å². The molecular weight excluding hydrogens is 236 g/mol. The van der Waals surface area contributed by atoms with Crippen LogP contribution in [0.4, 0.5) is 11.6 Å². The van der Waals surface area contributed by atoms with Gasteiger partial charge in [0.25, 0.3) is 0 Å². The molecule has 0 aromatic carbocycles. The first-order valence-corrected chi connectivity index (χ1v) is 7.71. The maximum atomic E-state index is 4.50. The summed E-state index contributed by atoms with van der Waals surface area (Å²) in [6.45, 7) is 4.16. The molecule has 104 valence electrons. The Morgan fingerprint density at radius 2 is 2.05 bits per heavy atom. The van der Waals surface area contributed by atoms with E-state index in [2.05, 4.69) is 33.2 Å². The third-order valence-electron chi connectivity index (χ3n) is 4.55. The summed E-state index contributed by atoms with van der Waals surface area (Å²) >= 11 is 0. The highest BCUT2D eigenvalue weighted by molar-refractivity contribution is 5.49. The van der Waals surface area contributed by atoms with E-state index in [0.717, 1.165) is 30.6 Å². The number of hydrogen-bond donors (Lipinski definition) is 1. The molecule has 4 nitrogen and oxygen atoms in total. The van der Waals surface area contributed by atoms with Crippen LogP contribution in [0.25, 0.3) is 0 Å². The first-order valence-electron chi connectivity index (χ1n) is 7.71. The van der Waals surface area contributed by atoms with Crippen molar-refractivity contribution in [2.75, 3.05) is 23.3 Å². The lowest BCUT2D eigenvalue weighted by Gasteiger charge is -2.30. The molecular formula is C15H24N4. The van der Waals surface area contributed by atoms with Crippen molar-refractivity contribution in [3.8, 4) is 0 Å². The second-order valence-corrected chi connectivity index (χ2v) is 5.74. The third-order valence-corrected chi connectivity index (χ3v) is 4.55. The molecule has 1 aliphatic carbocycles. The molecule has 19 heavy (non-hydrogen) atoms. The van der Waals surface area contributed by atoms with Crippen LogP contribution in [0.15, 0.2) is 12.4 Å². The van der Waals surface area contributed by atoms with E-state index in [9.17, 15) is 0 Å². The van der Waals surface area contributed by atoms with Gasteiger partial charge in [-0.3, -0.25) is 0 Å². The van der Waals surface area contributed by atoms with Crippen molar-refractivity contribution in [2.45, 2.75) is 51.5 Å².